The van der Waals surface area contributed by atoms with Gasteiger partial charge in [0.2, 0.25) is 0 Å². The van der Waals surface area contributed by atoms with E-state index in [-0.39, 0.29) is 18.6 Å². The van der Waals surface area contributed by atoms with Crippen LogP contribution in [0.3, 0.4) is 0 Å². The number of halogens is 1. The molecule has 0 aliphatic heterocycles. The Balaban J connectivity index is 1.75. The lowest BCUT2D eigenvalue weighted by molar-refractivity contribution is 0.0930. The van der Waals surface area contributed by atoms with Crippen LogP contribution in [0.4, 0.5) is 0 Å². The number of carbonyl (C=O) groups is 1. The van der Waals surface area contributed by atoms with Gasteiger partial charge in [0.05, 0.1) is 22.9 Å². The predicted molar refractivity (Wildman–Crippen MR) is 126 cm³/mol. The van der Waals surface area contributed by atoms with Crippen LogP contribution in [0.1, 0.15) is 52.8 Å². The van der Waals surface area contributed by atoms with E-state index in [4.69, 9.17) is 20.9 Å². The summed E-state index contributed by atoms with van der Waals surface area (Å²) in [6.07, 6.45) is 0. The van der Waals surface area contributed by atoms with E-state index in [1.54, 1.807) is 12.1 Å². The van der Waals surface area contributed by atoms with Crippen LogP contribution >= 0.6 is 11.6 Å². The molecule has 32 heavy (non-hydrogen) atoms. The SMILES string of the molecule is CCN(CC)C(CNC(=O)c1ccccc1OCc1c(C)noc1C)c1ccccc1Cl. The first kappa shape index (κ1) is 23.8. The molecule has 0 fully saturated rings. The maximum absolute atomic E-state index is 13.1. The molecule has 0 aliphatic rings. The Morgan fingerprint density at radius 3 is 2.47 bits per heavy atom. The zero-order valence-corrected chi connectivity index (χ0v) is 19.8. The summed E-state index contributed by atoms with van der Waals surface area (Å²) in [5.74, 6) is 1.04. The van der Waals surface area contributed by atoms with Gasteiger partial charge < -0.3 is 14.6 Å². The molecule has 1 aromatic heterocycles. The zero-order valence-electron chi connectivity index (χ0n) is 19.0. The molecule has 6 nitrogen and oxygen atoms in total. The minimum absolute atomic E-state index is 0.0296. The molecule has 1 atom stereocenters. The van der Waals surface area contributed by atoms with Crippen molar-refractivity contribution in [1.82, 2.24) is 15.4 Å². The number of likely N-dealkylation sites (N-methyl/N-ethyl adjacent to an activating group) is 1. The number of rotatable bonds is 10. The summed E-state index contributed by atoms with van der Waals surface area (Å²) in [4.78, 5) is 15.4. The Kier molecular flexibility index (Phi) is 8.31. The van der Waals surface area contributed by atoms with Crippen molar-refractivity contribution in [3.63, 3.8) is 0 Å². The van der Waals surface area contributed by atoms with Gasteiger partial charge in [-0.25, -0.2) is 0 Å². The standard InChI is InChI=1S/C25H30ClN3O3/c1-5-29(6-2)23(19-11-7-9-13-22(19)26)15-27-25(30)20-12-8-10-14-24(20)31-16-21-17(3)28-32-18(21)4/h7-14,23H,5-6,15-16H2,1-4H3,(H,27,30). The molecule has 1 unspecified atom stereocenters. The molecule has 0 radical (unpaired) electrons. The molecule has 0 aliphatic carbocycles. The largest absolute Gasteiger partial charge is 0.488 e. The van der Waals surface area contributed by atoms with Gasteiger partial charge in [-0.05, 0) is 50.7 Å². The molecule has 1 amide bonds. The number of aromatic nitrogens is 1. The fraction of sp³-hybridized carbons (Fsp3) is 0.360. The fourth-order valence-corrected chi connectivity index (χ4v) is 4.03. The van der Waals surface area contributed by atoms with E-state index in [9.17, 15) is 4.79 Å². The smallest absolute Gasteiger partial charge is 0.255 e. The second kappa shape index (κ2) is 11.2. The van der Waals surface area contributed by atoms with Gasteiger partial charge in [0.25, 0.3) is 5.91 Å². The zero-order chi connectivity index (χ0) is 23.1. The number of hydrogen-bond donors (Lipinski definition) is 1. The van der Waals surface area contributed by atoms with Gasteiger partial charge in [0.1, 0.15) is 18.1 Å². The van der Waals surface area contributed by atoms with Crippen LogP contribution in [0, 0.1) is 13.8 Å². The van der Waals surface area contributed by atoms with Gasteiger partial charge in [-0.2, -0.15) is 0 Å². The van der Waals surface area contributed by atoms with Crippen molar-refractivity contribution in [1.29, 1.82) is 0 Å². The molecule has 3 aromatic rings. The number of para-hydroxylation sites is 1. The molecular formula is C25H30ClN3O3. The summed E-state index contributed by atoms with van der Waals surface area (Å²) in [6, 6.07) is 15.0. The van der Waals surface area contributed by atoms with Gasteiger partial charge in [-0.1, -0.05) is 60.9 Å². The summed E-state index contributed by atoms with van der Waals surface area (Å²) in [5, 5.41) is 7.73. The third kappa shape index (κ3) is 5.50. The highest BCUT2D eigenvalue weighted by molar-refractivity contribution is 6.31. The number of nitrogens with one attached hydrogen (secondary N) is 1. The maximum Gasteiger partial charge on any atom is 0.255 e. The van der Waals surface area contributed by atoms with Crippen molar-refractivity contribution in [3.8, 4) is 5.75 Å². The highest BCUT2D eigenvalue weighted by Crippen LogP contribution is 2.27. The number of nitrogens with zero attached hydrogens (tertiary/aromatic N) is 2. The molecule has 3 rings (SSSR count). The number of hydrogen-bond acceptors (Lipinski definition) is 5. The van der Waals surface area contributed by atoms with E-state index >= 15 is 0 Å². The Labute approximate surface area is 194 Å². The molecule has 170 valence electrons. The summed E-state index contributed by atoms with van der Waals surface area (Å²) in [7, 11) is 0. The lowest BCUT2D eigenvalue weighted by atomic mass is 10.0. The topological polar surface area (TPSA) is 67.6 Å². The van der Waals surface area contributed by atoms with Gasteiger partial charge in [0, 0.05) is 11.6 Å². The summed E-state index contributed by atoms with van der Waals surface area (Å²) in [6.45, 7) is 10.3. The van der Waals surface area contributed by atoms with Gasteiger partial charge in [-0.15, -0.1) is 0 Å². The van der Waals surface area contributed by atoms with Crippen molar-refractivity contribution >= 4 is 17.5 Å². The van der Waals surface area contributed by atoms with E-state index in [2.05, 4.69) is 29.2 Å². The van der Waals surface area contributed by atoms with E-state index in [1.165, 1.54) is 0 Å². The third-order valence-corrected chi connectivity index (χ3v) is 6.00. The van der Waals surface area contributed by atoms with Crippen molar-refractivity contribution < 1.29 is 14.1 Å². The third-order valence-electron chi connectivity index (χ3n) is 5.66. The summed E-state index contributed by atoms with van der Waals surface area (Å²) in [5.41, 5.74) is 3.16. The summed E-state index contributed by atoms with van der Waals surface area (Å²) < 4.78 is 11.2. The average Bonchev–Trinajstić information content (AvgIpc) is 3.13. The van der Waals surface area contributed by atoms with Crippen LogP contribution in [-0.4, -0.2) is 35.6 Å². The predicted octanol–water partition coefficient (Wildman–Crippen LogP) is 5.34. The number of benzene rings is 2. The highest BCUT2D eigenvalue weighted by atomic mass is 35.5. The Bertz CT molecular complexity index is 1030. The van der Waals surface area contributed by atoms with Gasteiger partial charge >= 0.3 is 0 Å². The van der Waals surface area contributed by atoms with E-state index in [0.717, 1.165) is 29.9 Å². The van der Waals surface area contributed by atoms with Crippen LogP contribution in [0.15, 0.2) is 53.1 Å². The van der Waals surface area contributed by atoms with Crippen molar-refractivity contribution in [2.75, 3.05) is 19.6 Å². The lowest BCUT2D eigenvalue weighted by Crippen LogP contribution is -2.38. The molecule has 0 spiro atoms. The molecular weight excluding hydrogens is 426 g/mol. The second-order valence-corrected chi connectivity index (χ2v) is 7.96. The van der Waals surface area contributed by atoms with E-state index in [0.29, 0.717) is 28.6 Å². The molecule has 2 aromatic carbocycles. The second-order valence-electron chi connectivity index (χ2n) is 7.56. The summed E-state index contributed by atoms with van der Waals surface area (Å²) >= 11 is 6.48. The molecule has 0 bridgehead atoms. The molecule has 1 N–H and O–H groups in total. The first-order valence-electron chi connectivity index (χ1n) is 10.9. The lowest BCUT2D eigenvalue weighted by Gasteiger charge is -2.31. The fourth-order valence-electron chi connectivity index (χ4n) is 3.77. The monoisotopic (exact) mass is 455 g/mol. The quantitative estimate of drug-likeness (QED) is 0.447. The van der Waals surface area contributed by atoms with Gasteiger partial charge in [-0.3, -0.25) is 9.69 Å². The number of ether oxygens (including phenoxy) is 1. The van der Waals surface area contributed by atoms with Crippen LogP contribution in [0.5, 0.6) is 5.75 Å². The van der Waals surface area contributed by atoms with Crippen molar-refractivity contribution in [2.45, 2.75) is 40.3 Å². The number of amides is 1. The Hall–Kier alpha value is -2.83. The van der Waals surface area contributed by atoms with Crippen LogP contribution in [0.2, 0.25) is 5.02 Å². The highest BCUT2D eigenvalue weighted by Gasteiger charge is 2.22. The van der Waals surface area contributed by atoms with Crippen molar-refractivity contribution in [3.05, 3.63) is 81.7 Å². The van der Waals surface area contributed by atoms with Crippen molar-refractivity contribution in [2.24, 2.45) is 0 Å². The Morgan fingerprint density at radius 1 is 1.12 bits per heavy atom. The molecule has 7 heteroatoms. The molecule has 0 saturated carbocycles. The minimum Gasteiger partial charge on any atom is -0.488 e. The molecule has 0 saturated heterocycles. The number of aryl methyl sites for hydroxylation is 2. The Morgan fingerprint density at radius 2 is 1.81 bits per heavy atom. The first-order chi connectivity index (χ1) is 15.5. The van der Waals surface area contributed by atoms with Crippen LogP contribution < -0.4 is 10.1 Å². The first-order valence-corrected chi connectivity index (χ1v) is 11.2. The van der Waals surface area contributed by atoms with Crippen LogP contribution in [-0.2, 0) is 6.61 Å². The van der Waals surface area contributed by atoms with Gasteiger partial charge in [0.15, 0.2) is 0 Å². The van der Waals surface area contributed by atoms with Crippen LogP contribution in [0.25, 0.3) is 0 Å². The minimum atomic E-state index is -0.191. The van der Waals surface area contributed by atoms with E-state index < -0.39 is 0 Å². The number of carbonyl (C=O) groups excluding carboxylic acids is 1. The normalized spacial score (nSPS) is 12.1. The van der Waals surface area contributed by atoms with E-state index in [1.807, 2.05) is 50.2 Å². The average molecular weight is 456 g/mol. The molecule has 1 heterocycles. The maximum atomic E-state index is 13.1.